The highest BCUT2D eigenvalue weighted by molar-refractivity contribution is 6.25. The van der Waals surface area contributed by atoms with Gasteiger partial charge in [-0.15, -0.1) is 0 Å². The molecule has 0 atom stereocenters. The van der Waals surface area contributed by atoms with Crippen molar-refractivity contribution in [3.63, 3.8) is 0 Å². The first-order chi connectivity index (χ1) is 24.8. The van der Waals surface area contributed by atoms with Crippen LogP contribution in [0.1, 0.15) is 0 Å². The zero-order chi connectivity index (χ0) is 32.8. The summed E-state index contributed by atoms with van der Waals surface area (Å²) in [4.78, 5) is 10.4. The maximum absolute atomic E-state index is 6.25. The van der Waals surface area contributed by atoms with Crippen molar-refractivity contribution in [2.24, 2.45) is 0 Å². The molecular formula is C46H27N3O. The van der Waals surface area contributed by atoms with E-state index in [-0.39, 0.29) is 0 Å². The Morgan fingerprint density at radius 2 is 1.02 bits per heavy atom. The molecule has 0 fully saturated rings. The van der Waals surface area contributed by atoms with Crippen LogP contribution in [-0.4, -0.2) is 14.5 Å². The quantitative estimate of drug-likeness (QED) is 0.194. The van der Waals surface area contributed by atoms with E-state index in [0.717, 1.165) is 55.1 Å². The Labute approximate surface area is 286 Å². The van der Waals surface area contributed by atoms with Crippen molar-refractivity contribution in [1.29, 1.82) is 0 Å². The second-order valence-corrected chi connectivity index (χ2v) is 12.9. The van der Waals surface area contributed by atoms with Gasteiger partial charge in [-0.1, -0.05) is 133 Å². The molecule has 0 aliphatic rings. The lowest BCUT2D eigenvalue weighted by Crippen LogP contribution is -2.03. The lowest BCUT2D eigenvalue weighted by molar-refractivity contribution is 0.669. The van der Waals surface area contributed by atoms with E-state index in [9.17, 15) is 0 Å². The summed E-state index contributed by atoms with van der Waals surface area (Å²) < 4.78 is 8.48. The summed E-state index contributed by atoms with van der Waals surface area (Å²) in [6, 6.07) is 57.8. The van der Waals surface area contributed by atoms with Crippen LogP contribution < -0.4 is 0 Å². The summed E-state index contributed by atoms with van der Waals surface area (Å²) in [6.07, 6.45) is 0. The van der Waals surface area contributed by atoms with Crippen LogP contribution in [0.2, 0.25) is 0 Å². The van der Waals surface area contributed by atoms with Gasteiger partial charge in [-0.3, -0.25) is 4.57 Å². The van der Waals surface area contributed by atoms with Crippen molar-refractivity contribution < 1.29 is 4.42 Å². The zero-order valence-corrected chi connectivity index (χ0v) is 26.8. The van der Waals surface area contributed by atoms with Gasteiger partial charge in [0, 0.05) is 32.5 Å². The van der Waals surface area contributed by atoms with E-state index >= 15 is 0 Å². The molecule has 11 rings (SSSR count). The van der Waals surface area contributed by atoms with E-state index in [1.807, 2.05) is 24.3 Å². The molecule has 232 valence electrons. The van der Waals surface area contributed by atoms with Crippen LogP contribution in [0.4, 0.5) is 0 Å². The van der Waals surface area contributed by atoms with Gasteiger partial charge in [-0.05, 0) is 63.0 Å². The molecule has 4 nitrogen and oxygen atoms in total. The summed E-state index contributed by atoms with van der Waals surface area (Å²) >= 11 is 0. The molecule has 11 aromatic rings. The van der Waals surface area contributed by atoms with Gasteiger partial charge in [0.05, 0.1) is 22.2 Å². The number of hydrogen-bond acceptors (Lipinski definition) is 3. The van der Waals surface area contributed by atoms with Crippen LogP contribution in [0.15, 0.2) is 168 Å². The van der Waals surface area contributed by atoms with Gasteiger partial charge >= 0.3 is 0 Å². The van der Waals surface area contributed by atoms with Crippen LogP contribution in [0.25, 0.3) is 105 Å². The predicted octanol–water partition coefficient (Wildman–Crippen LogP) is 12.3. The molecule has 0 amide bonds. The second kappa shape index (κ2) is 10.4. The Hall–Kier alpha value is -6.78. The smallest absolute Gasteiger partial charge is 0.235 e. The van der Waals surface area contributed by atoms with Gasteiger partial charge in [0.25, 0.3) is 0 Å². The number of fused-ring (bicyclic) bond motifs is 11. The summed E-state index contributed by atoms with van der Waals surface area (Å²) in [5.74, 6) is 0.662. The molecule has 0 radical (unpaired) electrons. The number of furan rings is 1. The van der Waals surface area contributed by atoms with Gasteiger partial charge < -0.3 is 4.42 Å². The molecule has 4 heteroatoms. The molecule has 3 heterocycles. The number of aromatic nitrogens is 3. The molecule has 0 N–H and O–H groups in total. The van der Waals surface area contributed by atoms with Crippen molar-refractivity contribution >= 4 is 76.2 Å². The standard InChI is InChI=1S/C46H27N3O/c1-2-12-28(13-3-1)45-35-14-4-7-21-38(35)47-46(48-45)49-39-22-8-5-15-36(39)43-33-19-10-17-29(31(33)24-26-40(43)49)30-18-11-20-34-32(30)25-27-42-44(34)37-16-6-9-23-41(37)50-42/h1-27H. The van der Waals surface area contributed by atoms with Crippen molar-refractivity contribution in [2.75, 3.05) is 0 Å². The average molecular weight is 638 g/mol. The first-order valence-corrected chi connectivity index (χ1v) is 16.9. The molecular weight excluding hydrogens is 611 g/mol. The topological polar surface area (TPSA) is 43.9 Å². The van der Waals surface area contributed by atoms with Crippen LogP contribution in [-0.2, 0) is 0 Å². The maximum atomic E-state index is 6.25. The van der Waals surface area contributed by atoms with E-state index in [0.29, 0.717) is 5.95 Å². The number of hydrogen-bond donors (Lipinski definition) is 0. The fraction of sp³-hybridized carbons (Fsp3) is 0. The second-order valence-electron chi connectivity index (χ2n) is 12.9. The Balaban J connectivity index is 1.19. The van der Waals surface area contributed by atoms with Crippen LogP contribution >= 0.6 is 0 Å². The van der Waals surface area contributed by atoms with E-state index < -0.39 is 0 Å². The van der Waals surface area contributed by atoms with Gasteiger partial charge in [-0.25, -0.2) is 9.97 Å². The van der Waals surface area contributed by atoms with Gasteiger partial charge in [0.15, 0.2) is 0 Å². The summed E-state index contributed by atoms with van der Waals surface area (Å²) in [5, 5.41) is 10.5. The lowest BCUT2D eigenvalue weighted by Gasteiger charge is -2.13. The maximum Gasteiger partial charge on any atom is 0.235 e. The summed E-state index contributed by atoms with van der Waals surface area (Å²) in [6.45, 7) is 0. The first-order valence-electron chi connectivity index (χ1n) is 16.9. The molecule has 3 aromatic heterocycles. The third kappa shape index (κ3) is 3.81. The Morgan fingerprint density at radius 1 is 0.380 bits per heavy atom. The van der Waals surface area contributed by atoms with Crippen molar-refractivity contribution in [3.8, 4) is 28.3 Å². The van der Waals surface area contributed by atoms with Crippen molar-refractivity contribution in [2.45, 2.75) is 0 Å². The SMILES string of the molecule is c1ccc(-c2nc(-n3c4ccccc4c4c5cccc(-c6cccc7c6ccc6oc8ccccc8c67)c5ccc43)nc3ccccc23)cc1. The molecule has 0 spiro atoms. The molecule has 8 aromatic carbocycles. The Bertz CT molecular complexity index is 3150. The molecule has 0 saturated carbocycles. The molecule has 0 unspecified atom stereocenters. The van der Waals surface area contributed by atoms with Crippen molar-refractivity contribution in [3.05, 3.63) is 164 Å². The molecule has 0 aliphatic carbocycles. The monoisotopic (exact) mass is 637 g/mol. The first kappa shape index (κ1) is 27.2. The van der Waals surface area contributed by atoms with Gasteiger partial charge in [-0.2, -0.15) is 0 Å². The molecule has 0 bridgehead atoms. The minimum atomic E-state index is 0.662. The number of benzene rings is 8. The normalized spacial score (nSPS) is 12.0. The largest absolute Gasteiger partial charge is 0.456 e. The van der Waals surface area contributed by atoms with Gasteiger partial charge in [0.1, 0.15) is 11.2 Å². The van der Waals surface area contributed by atoms with Gasteiger partial charge in [0.2, 0.25) is 5.95 Å². The molecule has 0 saturated heterocycles. The number of nitrogens with zero attached hydrogens (tertiary/aromatic N) is 3. The molecule has 50 heavy (non-hydrogen) atoms. The Morgan fingerprint density at radius 3 is 1.84 bits per heavy atom. The Kier molecular flexibility index (Phi) is 5.63. The predicted molar refractivity (Wildman–Crippen MR) is 207 cm³/mol. The number of para-hydroxylation sites is 3. The average Bonchev–Trinajstić information content (AvgIpc) is 3.74. The van der Waals surface area contributed by atoms with E-state index in [4.69, 9.17) is 14.4 Å². The zero-order valence-electron chi connectivity index (χ0n) is 26.8. The molecule has 0 aliphatic heterocycles. The highest BCUT2D eigenvalue weighted by Crippen LogP contribution is 2.43. The van der Waals surface area contributed by atoms with Crippen LogP contribution in [0, 0.1) is 0 Å². The van der Waals surface area contributed by atoms with E-state index in [1.54, 1.807) is 0 Å². The van der Waals surface area contributed by atoms with E-state index in [1.165, 1.54) is 43.4 Å². The lowest BCUT2D eigenvalue weighted by atomic mass is 9.91. The van der Waals surface area contributed by atoms with E-state index in [2.05, 4.69) is 144 Å². The fourth-order valence-electron chi connectivity index (χ4n) is 8.07. The number of rotatable bonds is 3. The third-order valence-corrected chi connectivity index (χ3v) is 10.2. The summed E-state index contributed by atoms with van der Waals surface area (Å²) in [5.41, 5.74) is 9.30. The summed E-state index contributed by atoms with van der Waals surface area (Å²) in [7, 11) is 0. The fourth-order valence-corrected chi connectivity index (χ4v) is 8.07. The van der Waals surface area contributed by atoms with Crippen molar-refractivity contribution in [1.82, 2.24) is 14.5 Å². The van der Waals surface area contributed by atoms with Crippen LogP contribution in [0.5, 0.6) is 0 Å². The van der Waals surface area contributed by atoms with Crippen LogP contribution in [0.3, 0.4) is 0 Å². The highest BCUT2D eigenvalue weighted by Gasteiger charge is 2.20. The minimum Gasteiger partial charge on any atom is -0.456 e. The highest BCUT2D eigenvalue weighted by atomic mass is 16.3. The minimum absolute atomic E-state index is 0.662. The third-order valence-electron chi connectivity index (χ3n) is 10.2.